The molecule has 0 fully saturated rings. The van der Waals surface area contributed by atoms with Crippen molar-refractivity contribution in [2.24, 2.45) is 0 Å². The van der Waals surface area contributed by atoms with Gasteiger partial charge in [-0.25, -0.2) is 9.50 Å². The lowest BCUT2D eigenvalue weighted by atomic mass is 10.2. The summed E-state index contributed by atoms with van der Waals surface area (Å²) in [6.07, 6.45) is 0. The molecule has 0 aliphatic rings. The topological polar surface area (TPSA) is 58.0 Å². The first-order valence-electron chi connectivity index (χ1n) is 8.33. The number of aryl methyl sites for hydroxylation is 1. The summed E-state index contributed by atoms with van der Waals surface area (Å²) in [5.41, 5.74) is 5.16. The molecule has 0 saturated carbocycles. The van der Waals surface area contributed by atoms with Crippen molar-refractivity contribution in [1.82, 2.24) is 19.6 Å². The van der Waals surface area contributed by atoms with Crippen molar-refractivity contribution in [3.63, 3.8) is 0 Å². The second kappa shape index (κ2) is 5.34. The van der Waals surface area contributed by atoms with Gasteiger partial charge in [-0.1, -0.05) is 30.3 Å². The van der Waals surface area contributed by atoms with Gasteiger partial charge in [0, 0.05) is 22.7 Å². The van der Waals surface area contributed by atoms with Crippen LogP contribution in [-0.2, 0) is 6.54 Å². The fourth-order valence-corrected chi connectivity index (χ4v) is 3.32. The number of fused-ring (bicyclic) bond motifs is 4. The van der Waals surface area contributed by atoms with Gasteiger partial charge in [0.2, 0.25) is 0 Å². The lowest BCUT2D eigenvalue weighted by Crippen LogP contribution is -2.04. The molecule has 0 aliphatic heterocycles. The van der Waals surface area contributed by atoms with Gasteiger partial charge in [0.15, 0.2) is 5.65 Å². The van der Waals surface area contributed by atoms with Crippen LogP contribution in [-0.4, -0.2) is 19.6 Å². The number of hydrogen-bond donors (Lipinski definition) is 2. The van der Waals surface area contributed by atoms with E-state index in [4.69, 9.17) is 4.98 Å². The van der Waals surface area contributed by atoms with Crippen molar-refractivity contribution >= 4 is 33.3 Å². The smallest absolute Gasteiger partial charge is 0.158 e. The minimum atomic E-state index is 0.689. The van der Waals surface area contributed by atoms with Crippen molar-refractivity contribution in [2.45, 2.75) is 13.5 Å². The first-order valence-corrected chi connectivity index (χ1v) is 8.33. The summed E-state index contributed by atoms with van der Waals surface area (Å²) in [4.78, 5) is 8.22. The molecule has 0 atom stereocenters. The van der Waals surface area contributed by atoms with Crippen LogP contribution in [0.5, 0.6) is 0 Å². The zero-order valence-electron chi connectivity index (χ0n) is 13.8. The normalized spacial score (nSPS) is 11.6. The lowest BCUT2D eigenvalue weighted by molar-refractivity contribution is 0.953. The SMILES string of the molecule is Cc1cc2nc(NCc3cc4ccccc4[nH]3)c3ccccc3n2n1. The van der Waals surface area contributed by atoms with E-state index in [9.17, 15) is 0 Å². The molecule has 5 aromatic rings. The van der Waals surface area contributed by atoms with Crippen LogP contribution < -0.4 is 5.32 Å². The van der Waals surface area contributed by atoms with Crippen molar-refractivity contribution in [2.75, 3.05) is 5.32 Å². The molecule has 0 amide bonds. The van der Waals surface area contributed by atoms with Crippen LogP contribution in [0.15, 0.2) is 60.7 Å². The second-order valence-corrected chi connectivity index (χ2v) is 6.27. The first kappa shape index (κ1) is 14.0. The van der Waals surface area contributed by atoms with E-state index in [0.717, 1.165) is 39.3 Å². The third-order valence-corrected chi connectivity index (χ3v) is 4.46. The van der Waals surface area contributed by atoms with Gasteiger partial charge < -0.3 is 10.3 Å². The second-order valence-electron chi connectivity index (χ2n) is 6.27. The van der Waals surface area contributed by atoms with Crippen LogP contribution in [0.25, 0.3) is 27.5 Å². The number of H-pyrrole nitrogens is 1. The van der Waals surface area contributed by atoms with Crippen LogP contribution in [0.1, 0.15) is 11.4 Å². The molecule has 2 N–H and O–H groups in total. The molecular weight excluding hydrogens is 310 g/mol. The van der Waals surface area contributed by atoms with E-state index in [1.54, 1.807) is 0 Å². The molecule has 122 valence electrons. The van der Waals surface area contributed by atoms with Crippen LogP contribution in [0, 0.1) is 6.92 Å². The molecule has 25 heavy (non-hydrogen) atoms. The highest BCUT2D eigenvalue weighted by Gasteiger charge is 2.10. The van der Waals surface area contributed by atoms with Gasteiger partial charge in [0.05, 0.1) is 17.8 Å². The van der Waals surface area contributed by atoms with E-state index < -0.39 is 0 Å². The number of anilines is 1. The Kier molecular flexibility index (Phi) is 3.00. The van der Waals surface area contributed by atoms with E-state index >= 15 is 0 Å². The van der Waals surface area contributed by atoms with E-state index in [-0.39, 0.29) is 0 Å². The summed E-state index contributed by atoms with van der Waals surface area (Å²) in [6.45, 7) is 2.68. The fourth-order valence-electron chi connectivity index (χ4n) is 3.32. The fraction of sp³-hybridized carbons (Fsp3) is 0.100. The number of hydrogen-bond acceptors (Lipinski definition) is 3. The number of nitrogens with one attached hydrogen (secondary N) is 2. The van der Waals surface area contributed by atoms with Gasteiger partial charge in [-0.05, 0) is 36.6 Å². The summed E-state index contributed by atoms with van der Waals surface area (Å²) in [5, 5.41) is 10.3. The van der Waals surface area contributed by atoms with Gasteiger partial charge in [-0.15, -0.1) is 0 Å². The Morgan fingerprint density at radius 2 is 1.88 bits per heavy atom. The maximum Gasteiger partial charge on any atom is 0.158 e. The number of nitrogens with zero attached hydrogens (tertiary/aromatic N) is 3. The average Bonchev–Trinajstić information content (AvgIpc) is 3.21. The zero-order valence-corrected chi connectivity index (χ0v) is 13.8. The van der Waals surface area contributed by atoms with E-state index in [2.05, 4.69) is 51.8 Å². The van der Waals surface area contributed by atoms with Crippen molar-refractivity contribution in [1.29, 1.82) is 0 Å². The third-order valence-electron chi connectivity index (χ3n) is 4.46. The molecule has 5 nitrogen and oxygen atoms in total. The summed E-state index contributed by atoms with van der Waals surface area (Å²) in [7, 11) is 0. The predicted molar refractivity (Wildman–Crippen MR) is 101 cm³/mol. The molecule has 2 aromatic carbocycles. The highest BCUT2D eigenvalue weighted by atomic mass is 15.3. The predicted octanol–water partition coefficient (Wildman–Crippen LogP) is 4.28. The maximum atomic E-state index is 4.77. The summed E-state index contributed by atoms with van der Waals surface area (Å²) < 4.78 is 1.90. The molecule has 5 rings (SSSR count). The molecule has 0 radical (unpaired) electrons. The lowest BCUT2D eigenvalue weighted by Gasteiger charge is -2.09. The Labute approximate surface area is 144 Å². The van der Waals surface area contributed by atoms with E-state index in [0.29, 0.717) is 6.54 Å². The Hall–Kier alpha value is -3.34. The Morgan fingerprint density at radius 1 is 1.04 bits per heavy atom. The molecule has 3 heterocycles. The van der Waals surface area contributed by atoms with Gasteiger partial charge >= 0.3 is 0 Å². The molecule has 0 spiro atoms. The summed E-state index contributed by atoms with van der Waals surface area (Å²) in [5.74, 6) is 0.877. The van der Waals surface area contributed by atoms with E-state index in [1.807, 2.05) is 35.7 Å². The van der Waals surface area contributed by atoms with Gasteiger partial charge in [-0.2, -0.15) is 5.10 Å². The van der Waals surface area contributed by atoms with Crippen LogP contribution >= 0.6 is 0 Å². The van der Waals surface area contributed by atoms with Gasteiger partial charge in [0.1, 0.15) is 5.82 Å². The van der Waals surface area contributed by atoms with E-state index in [1.165, 1.54) is 5.39 Å². The number of aromatic nitrogens is 4. The summed E-state index contributed by atoms with van der Waals surface area (Å²) >= 11 is 0. The van der Waals surface area contributed by atoms with Crippen molar-refractivity contribution in [3.8, 4) is 0 Å². The monoisotopic (exact) mass is 327 g/mol. The number of rotatable bonds is 3. The quantitative estimate of drug-likeness (QED) is 0.520. The Bertz CT molecular complexity index is 1180. The van der Waals surface area contributed by atoms with Gasteiger partial charge in [-0.3, -0.25) is 0 Å². The number of para-hydroxylation sites is 2. The largest absolute Gasteiger partial charge is 0.364 e. The summed E-state index contributed by atoms with van der Waals surface area (Å²) in [6, 6.07) is 20.7. The molecule has 0 unspecified atom stereocenters. The van der Waals surface area contributed by atoms with Crippen LogP contribution in [0.2, 0.25) is 0 Å². The van der Waals surface area contributed by atoms with Gasteiger partial charge in [0.25, 0.3) is 0 Å². The van der Waals surface area contributed by atoms with Crippen LogP contribution in [0.4, 0.5) is 5.82 Å². The Morgan fingerprint density at radius 3 is 2.80 bits per heavy atom. The van der Waals surface area contributed by atoms with Crippen molar-refractivity contribution in [3.05, 3.63) is 72.1 Å². The molecule has 0 bridgehead atoms. The van der Waals surface area contributed by atoms with Crippen LogP contribution in [0.3, 0.4) is 0 Å². The molecule has 0 aliphatic carbocycles. The van der Waals surface area contributed by atoms with Crippen molar-refractivity contribution < 1.29 is 0 Å². The molecule has 0 saturated heterocycles. The highest BCUT2D eigenvalue weighted by molar-refractivity contribution is 5.91. The third kappa shape index (κ3) is 2.32. The number of aromatic amines is 1. The number of benzene rings is 2. The molecular formula is C20H17N5. The minimum absolute atomic E-state index is 0.689. The molecule has 3 aromatic heterocycles. The zero-order chi connectivity index (χ0) is 16.8. The minimum Gasteiger partial charge on any atom is -0.364 e. The highest BCUT2D eigenvalue weighted by Crippen LogP contribution is 2.24. The first-order chi connectivity index (χ1) is 12.3. The Balaban J connectivity index is 1.56. The average molecular weight is 327 g/mol. The maximum absolute atomic E-state index is 4.77. The standard InChI is InChI=1S/C20H17N5/c1-13-10-19-23-20(16-7-3-5-9-18(16)25(19)24-13)21-12-15-11-14-6-2-4-8-17(14)22-15/h2-11,22H,12H2,1H3,(H,21,23). The molecule has 5 heteroatoms.